The van der Waals surface area contributed by atoms with Gasteiger partial charge < -0.3 is 0 Å². The molecule has 0 aromatic rings. The second-order valence-electron chi connectivity index (χ2n) is 2.96. The van der Waals surface area contributed by atoms with Crippen molar-refractivity contribution in [1.29, 1.82) is 21.0 Å². The van der Waals surface area contributed by atoms with Crippen LogP contribution in [0.3, 0.4) is 0 Å². The van der Waals surface area contributed by atoms with Crippen molar-refractivity contribution in [2.75, 3.05) is 0 Å². The van der Waals surface area contributed by atoms with Gasteiger partial charge in [0.1, 0.15) is 18.2 Å². The van der Waals surface area contributed by atoms with Gasteiger partial charge in [0.05, 0.1) is 6.07 Å². The van der Waals surface area contributed by atoms with Gasteiger partial charge in [0.15, 0.2) is 0 Å². The molecule has 0 bridgehead atoms. The number of nitriles is 4. The molecule has 0 heterocycles. The lowest BCUT2D eigenvalue weighted by molar-refractivity contribution is 0.540. The molecule has 0 spiro atoms. The van der Waals surface area contributed by atoms with Gasteiger partial charge in [-0.2, -0.15) is 21.0 Å². The van der Waals surface area contributed by atoms with E-state index in [2.05, 4.69) is 0 Å². The number of hydrogen-bond donors (Lipinski definition) is 0. The maximum Gasteiger partial charge on any atom is 0.228 e. The molecule has 70 valence electrons. The second-order valence-corrected chi connectivity index (χ2v) is 2.96. The van der Waals surface area contributed by atoms with Gasteiger partial charge in [-0.25, -0.2) is 0 Å². The van der Waals surface area contributed by atoms with Crippen molar-refractivity contribution < 1.29 is 0 Å². The monoisotopic (exact) mass is 186 g/mol. The topological polar surface area (TPSA) is 95.2 Å². The largest absolute Gasteiger partial charge is 0.228 e. The van der Waals surface area contributed by atoms with Gasteiger partial charge in [0.25, 0.3) is 0 Å². The summed E-state index contributed by atoms with van der Waals surface area (Å²) in [6, 6.07) is 7.17. The molecule has 0 rings (SSSR count). The minimum absolute atomic E-state index is 0.266. The zero-order valence-electron chi connectivity index (χ0n) is 7.82. The van der Waals surface area contributed by atoms with E-state index in [1.807, 2.05) is 6.07 Å². The normalized spacial score (nSPS) is 9.14. The van der Waals surface area contributed by atoms with E-state index >= 15 is 0 Å². The molecule has 0 N–H and O–H groups in total. The van der Waals surface area contributed by atoms with E-state index in [4.69, 9.17) is 21.0 Å². The van der Waals surface area contributed by atoms with Crippen molar-refractivity contribution in [3.8, 4) is 24.3 Å². The third-order valence-electron chi connectivity index (χ3n) is 1.91. The zero-order valence-corrected chi connectivity index (χ0v) is 7.82. The second kappa shape index (κ2) is 6.47. The third-order valence-corrected chi connectivity index (χ3v) is 1.91. The highest BCUT2D eigenvalue weighted by molar-refractivity contribution is 5.25. The minimum atomic E-state index is -1.49. The summed E-state index contributed by atoms with van der Waals surface area (Å²) in [6.07, 6.45) is 2.92. The Labute approximate surface area is 83.6 Å². The summed E-state index contributed by atoms with van der Waals surface area (Å²) in [7, 11) is 0. The smallest absolute Gasteiger partial charge is 0.198 e. The fraction of sp³-hybridized carbons (Fsp3) is 0.600. The lowest BCUT2D eigenvalue weighted by Gasteiger charge is -2.07. The first kappa shape index (κ1) is 12.0. The van der Waals surface area contributed by atoms with Crippen molar-refractivity contribution in [3.05, 3.63) is 0 Å². The average molecular weight is 186 g/mol. The molecule has 0 aromatic heterocycles. The van der Waals surface area contributed by atoms with E-state index in [-0.39, 0.29) is 6.42 Å². The van der Waals surface area contributed by atoms with Crippen molar-refractivity contribution in [1.82, 2.24) is 0 Å². The Kier molecular flexibility index (Phi) is 5.53. The highest BCUT2D eigenvalue weighted by Crippen LogP contribution is 2.22. The maximum atomic E-state index is 8.63. The predicted molar refractivity (Wildman–Crippen MR) is 48.0 cm³/mol. The molecule has 14 heavy (non-hydrogen) atoms. The quantitative estimate of drug-likeness (QED) is 0.613. The SMILES string of the molecule is N#CCCCCCC(C#N)(C#N)C#N. The molecule has 0 aromatic carbocycles. The van der Waals surface area contributed by atoms with E-state index < -0.39 is 5.41 Å². The Morgan fingerprint density at radius 3 is 1.79 bits per heavy atom. The summed E-state index contributed by atoms with van der Waals surface area (Å²) in [5, 5.41) is 34.2. The lowest BCUT2D eigenvalue weighted by Crippen LogP contribution is -2.12. The van der Waals surface area contributed by atoms with E-state index in [0.717, 1.165) is 12.8 Å². The molecular formula is C10H10N4. The van der Waals surface area contributed by atoms with Gasteiger partial charge in [-0.05, 0) is 19.3 Å². The Balaban J connectivity index is 3.90. The van der Waals surface area contributed by atoms with Crippen molar-refractivity contribution >= 4 is 0 Å². The highest BCUT2D eigenvalue weighted by atomic mass is 14.4. The van der Waals surface area contributed by atoms with Crippen LogP contribution < -0.4 is 0 Å². The Hall–Kier alpha value is -2.04. The molecule has 0 radical (unpaired) electrons. The van der Waals surface area contributed by atoms with Crippen LogP contribution in [0.4, 0.5) is 0 Å². The third kappa shape index (κ3) is 3.57. The first-order valence-electron chi connectivity index (χ1n) is 4.35. The fourth-order valence-corrected chi connectivity index (χ4v) is 1.01. The summed E-state index contributed by atoms with van der Waals surface area (Å²) >= 11 is 0. The van der Waals surface area contributed by atoms with Crippen LogP contribution in [-0.4, -0.2) is 0 Å². The summed E-state index contributed by atoms with van der Waals surface area (Å²) in [6.45, 7) is 0. The molecule has 0 aliphatic carbocycles. The number of unbranched alkanes of at least 4 members (excludes halogenated alkanes) is 3. The molecule has 0 saturated heterocycles. The van der Waals surface area contributed by atoms with Gasteiger partial charge in [0.2, 0.25) is 5.41 Å². The van der Waals surface area contributed by atoms with E-state index in [9.17, 15) is 0 Å². The van der Waals surface area contributed by atoms with E-state index in [1.54, 1.807) is 18.2 Å². The number of hydrogen-bond acceptors (Lipinski definition) is 4. The first-order chi connectivity index (χ1) is 6.74. The Bertz CT molecular complexity index is 295. The lowest BCUT2D eigenvalue weighted by atomic mass is 9.87. The predicted octanol–water partition coefficient (Wildman–Crippen LogP) is 2.02. The number of rotatable bonds is 5. The molecule has 0 amide bonds. The maximum absolute atomic E-state index is 8.63. The highest BCUT2D eigenvalue weighted by Gasteiger charge is 2.28. The molecule has 4 heteroatoms. The van der Waals surface area contributed by atoms with E-state index in [1.165, 1.54) is 0 Å². The zero-order chi connectivity index (χ0) is 10.9. The Morgan fingerprint density at radius 2 is 1.36 bits per heavy atom. The molecule has 0 saturated carbocycles. The van der Waals surface area contributed by atoms with Crippen molar-refractivity contribution in [3.63, 3.8) is 0 Å². The van der Waals surface area contributed by atoms with Crippen LogP contribution in [-0.2, 0) is 0 Å². The molecule has 0 aliphatic rings. The molecule has 4 nitrogen and oxygen atoms in total. The van der Waals surface area contributed by atoms with Gasteiger partial charge >= 0.3 is 0 Å². The molecule has 0 aliphatic heterocycles. The summed E-state index contributed by atoms with van der Waals surface area (Å²) in [5.74, 6) is 0. The molecular weight excluding hydrogens is 176 g/mol. The van der Waals surface area contributed by atoms with Crippen LogP contribution in [0, 0.1) is 50.7 Å². The van der Waals surface area contributed by atoms with Crippen molar-refractivity contribution in [2.45, 2.75) is 32.1 Å². The van der Waals surface area contributed by atoms with Gasteiger partial charge in [-0.3, -0.25) is 0 Å². The molecule has 0 fully saturated rings. The minimum Gasteiger partial charge on any atom is -0.198 e. The van der Waals surface area contributed by atoms with Crippen LogP contribution in [0.5, 0.6) is 0 Å². The number of nitrogens with zero attached hydrogens (tertiary/aromatic N) is 4. The van der Waals surface area contributed by atoms with Gasteiger partial charge in [-0.15, -0.1) is 0 Å². The summed E-state index contributed by atoms with van der Waals surface area (Å²) in [5.41, 5.74) is -1.49. The van der Waals surface area contributed by atoms with Crippen LogP contribution in [0.2, 0.25) is 0 Å². The first-order valence-corrected chi connectivity index (χ1v) is 4.35. The van der Waals surface area contributed by atoms with Gasteiger partial charge in [0, 0.05) is 6.42 Å². The summed E-state index contributed by atoms with van der Waals surface area (Å²) < 4.78 is 0. The summed E-state index contributed by atoms with van der Waals surface area (Å²) in [4.78, 5) is 0. The van der Waals surface area contributed by atoms with Crippen molar-refractivity contribution in [2.24, 2.45) is 5.41 Å². The molecule has 0 unspecified atom stereocenters. The molecule has 0 atom stereocenters. The Morgan fingerprint density at radius 1 is 0.786 bits per heavy atom. The van der Waals surface area contributed by atoms with Crippen LogP contribution in [0.1, 0.15) is 32.1 Å². The van der Waals surface area contributed by atoms with E-state index in [0.29, 0.717) is 12.8 Å². The standard InChI is InChI=1S/C10H10N4/c11-6-4-2-1-3-5-10(7-12,8-13)9-14/h1-5H2. The van der Waals surface area contributed by atoms with Crippen LogP contribution in [0.15, 0.2) is 0 Å². The van der Waals surface area contributed by atoms with Crippen LogP contribution in [0.25, 0.3) is 0 Å². The van der Waals surface area contributed by atoms with Crippen LogP contribution >= 0.6 is 0 Å². The van der Waals surface area contributed by atoms with Gasteiger partial charge in [-0.1, -0.05) is 6.42 Å². The average Bonchev–Trinajstić information content (AvgIpc) is 2.24. The fourth-order valence-electron chi connectivity index (χ4n) is 1.01.